The Hall–Kier alpha value is -1.38. The summed E-state index contributed by atoms with van der Waals surface area (Å²) < 4.78 is 11.5. The van der Waals surface area contributed by atoms with Crippen LogP contribution in [0.15, 0.2) is 4.42 Å². The molecule has 1 N–H and O–H groups in total. The lowest BCUT2D eigenvalue weighted by Gasteiger charge is -2.31. The fourth-order valence-corrected chi connectivity index (χ4v) is 9.72. The van der Waals surface area contributed by atoms with Crippen molar-refractivity contribution in [3.05, 3.63) is 38.7 Å². The number of hydrogen-bond acceptors (Lipinski definition) is 7. The molecule has 30 heavy (non-hydrogen) atoms. The van der Waals surface area contributed by atoms with Gasteiger partial charge in [-0.15, -0.1) is 34.9 Å². The number of hydrogen-bond donors (Lipinski definition) is 1. The Morgan fingerprint density at radius 1 is 1.17 bits per heavy atom. The molecule has 0 saturated carbocycles. The molecule has 1 fully saturated rings. The summed E-state index contributed by atoms with van der Waals surface area (Å²) in [4.78, 5) is 27.0. The van der Waals surface area contributed by atoms with Crippen LogP contribution in [0.3, 0.4) is 0 Å². The first-order chi connectivity index (χ1) is 14.5. The van der Waals surface area contributed by atoms with Crippen molar-refractivity contribution >= 4 is 51.7 Å². The molecule has 2 aliphatic carbocycles. The number of rotatable bonds is 4. The van der Waals surface area contributed by atoms with E-state index in [4.69, 9.17) is 9.15 Å². The maximum Gasteiger partial charge on any atom is 0.341 e. The van der Waals surface area contributed by atoms with Gasteiger partial charge in [-0.1, -0.05) is 0 Å². The molecular weight excluding hydrogens is 438 g/mol. The monoisotopic (exact) mass is 463 g/mol. The zero-order chi connectivity index (χ0) is 20.9. The summed E-state index contributed by atoms with van der Waals surface area (Å²) in [6, 6.07) is 0. The van der Waals surface area contributed by atoms with Gasteiger partial charge in [0.05, 0.1) is 16.2 Å². The van der Waals surface area contributed by atoms with Crippen LogP contribution in [0, 0.1) is 6.92 Å². The van der Waals surface area contributed by atoms with Crippen LogP contribution in [0.25, 0.3) is 0 Å². The molecule has 3 aliphatic rings. The fraction of sp³-hybridized carbons (Fsp3) is 0.545. The topological polar surface area (TPSA) is 68.5 Å². The van der Waals surface area contributed by atoms with E-state index in [0.717, 1.165) is 66.9 Å². The summed E-state index contributed by atoms with van der Waals surface area (Å²) >= 11 is 5.49. The van der Waals surface area contributed by atoms with Gasteiger partial charge in [0.1, 0.15) is 10.8 Å². The number of thioether (sulfide) groups is 2. The first-order valence-electron chi connectivity index (χ1n) is 10.6. The maximum absolute atomic E-state index is 13.3. The summed E-state index contributed by atoms with van der Waals surface area (Å²) in [5.41, 5.74) is 3.76. The average Bonchev–Trinajstić information content (AvgIpc) is 3.47. The van der Waals surface area contributed by atoms with E-state index in [1.807, 2.05) is 30.4 Å². The molecule has 2 aromatic heterocycles. The summed E-state index contributed by atoms with van der Waals surface area (Å²) in [5.74, 6) is 3.01. The highest BCUT2D eigenvalue weighted by Gasteiger charge is 2.45. The van der Waals surface area contributed by atoms with Crippen molar-refractivity contribution in [1.82, 2.24) is 0 Å². The van der Waals surface area contributed by atoms with Crippen molar-refractivity contribution in [2.45, 2.75) is 56.5 Å². The minimum Gasteiger partial charge on any atom is -0.462 e. The first kappa shape index (κ1) is 20.5. The highest BCUT2D eigenvalue weighted by molar-refractivity contribution is 8.20. The molecule has 0 bridgehead atoms. The Morgan fingerprint density at radius 3 is 2.73 bits per heavy atom. The van der Waals surface area contributed by atoms with E-state index >= 15 is 0 Å². The van der Waals surface area contributed by atoms with Crippen molar-refractivity contribution < 1.29 is 18.7 Å². The summed E-state index contributed by atoms with van der Waals surface area (Å²) in [6.45, 7) is 4.12. The van der Waals surface area contributed by atoms with Gasteiger partial charge in [0.25, 0.3) is 5.91 Å². The molecule has 1 spiro atoms. The summed E-state index contributed by atoms with van der Waals surface area (Å²) in [7, 11) is 0. The Bertz CT molecular complexity index is 1020. The molecule has 0 aromatic carbocycles. The van der Waals surface area contributed by atoms with E-state index in [1.165, 1.54) is 21.8 Å². The predicted molar refractivity (Wildman–Crippen MR) is 123 cm³/mol. The van der Waals surface area contributed by atoms with Gasteiger partial charge in [-0.05, 0) is 51.5 Å². The van der Waals surface area contributed by atoms with E-state index in [2.05, 4.69) is 5.32 Å². The van der Waals surface area contributed by atoms with Crippen LogP contribution in [-0.4, -0.2) is 30.0 Å². The third kappa shape index (κ3) is 3.22. The van der Waals surface area contributed by atoms with Crippen molar-refractivity contribution in [1.29, 1.82) is 0 Å². The second-order valence-electron chi connectivity index (χ2n) is 7.89. The number of fused-ring (bicyclic) bond motifs is 3. The third-order valence-electron chi connectivity index (χ3n) is 6.10. The van der Waals surface area contributed by atoms with Crippen LogP contribution in [-0.2, 0) is 28.1 Å². The Kier molecular flexibility index (Phi) is 5.44. The number of ether oxygens (including phenoxy) is 1. The molecule has 2 aromatic rings. The molecule has 8 heteroatoms. The standard InChI is InChI=1S/C22H25NO4S3/c1-3-26-21(25)16-13-6-4-8-15(13)30-20(16)23-19(24)18-12(2)17-14(27-18)7-5-9-22(17)28-10-11-29-22/h3-11H2,1-2H3,(H,23,24). The lowest BCUT2D eigenvalue weighted by atomic mass is 9.94. The smallest absolute Gasteiger partial charge is 0.341 e. The molecule has 5 rings (SSSR count). The molecule has 160 valence electrons. The van der Waals surface area contributed by atoms with Gasteiger partial charge in [-0.25, -0.2) is 4.79 Å². The van der Waals surface area contributed by atoms with Crippen molar-refractivity contribution in [2.24, 2.45) is 0 Å². The van der Waals surface area contributed by atoms with E-state index in [1.54, 1.807) is 6.92 Å². The quantitative estimate of drug-likeness (QED) is 0.601. The highest BCUT2D eigenvalue weighted by Crippen LogP contribution is 2.59. The second-order valence-corrected chi connectivity index (χ2v) is 12.0. The van der Waals surface area contributed by atoms with Crippen molar-refractivity contribution in [3.63, 3.8) is 0 Å². The predicted octanol–water partition coefficient (Wildman–Crippen LogP) is 5.54. The number of amides is 1. The van der Waals surface area contributed by atoms with Gasteiger partial charge in [0.15, 0.2) is 5.76 Å². The Morgan fingerprint density at radius 2 is 1.97 bits per heavy atom. The van der Waals surface area contributed by atoms with Crippen LogP contribution in [0.4, 0.5) is 5.00 Å². The van der Waals surface area contributed by atoms with Gasteiger partial charge >= 0.3 is 5.97 Å². The van der Waals surface area contributed by atoms with Gasteiger partial charge in [0, 0.05) is 33.9 Å². The molecule has 1 aliphatic heterocycles. The molecule has 1 amide bonds. The molecule has 0 atom stereocenters. The molecule has 5 nitrogen and oxygen atoms in total. The molecule has 3 heterocycles. The Balaban J connectivity index is 1.48. The SMILES string of the molecule is CCOC(=O)c1c(NC(=O)c2oc3c(c2C)C2(CCC3)SCCS2)sc2c1CCC2. The normalized spacial score (nSPS) is 19.0. The summed E-state index contributed by atoms with van der Waals surface area (Å²) in [5, 5.41) is 3.59. The largest absolute Gasteiger partial charge is 0.462 e. The van der Waals surface area contributed by atoms with Crippen molar-refractivity contribution in [2.75, 3.05) is 23.4 Å². The molecule has 0 radical (unpaired) electrons. The van der Waals surface area contributed by atoms with Gasteiger partial charge < -0.3 is 14.5 Å². The van der Waals surface area contributed by atoms with Crippen LogP contribution < -0.4 is 5.32 Å². The zero-order valence-electron chi connectivity index (χ0n) is 17.2. The van der Waals surface area contributed by atoms with Gasteiger partial charge in [-0.3, -0.25) is 4.79 Å². The second kappa shape index (κ2) is 7.95. The number of carbonyl (C=O) groups excluding carboxylic acids is 2. The lowest BCUT2D eigenvalue weighted by molar-refractivity contribution is 0.0527. The number of carbonyl (C=O) groups is 2. The third-order valence-corrected chi connectivity index (χ3v) is 10.8. The first-order valence-corrected chi connectivity index (χ1v) is 13.4. The maximum atomic E-state index is 13.3. The molecule has 0 unspecified atom stereocenters. The van der Waals surface area contributed by atoms with Crippen LogP contribution in [0.5, 0.6) is 0 Å². The number of furan rings is 1. The minimum atomic E-state index is -0.347. The number of thiophene rings is 1. The van der Waals surface area contributed by atoms with E-state index in [9.17, 15) is 9.59 Å². The number of anilines is 1. The average molecular weight is 464 g/mol. The lowest BCUT2D eigenvalue weighted by Crippen LogP contribution is -2.21. The van der Waals surface area contributed by atoms with Crippen LogP contribution >= 0.6 is 34.9 Å². The number of aryl methyl sites for hydroxylation is 2. The van der Waals surface area contributed by atoms with Crippen LogP contribution in [0.2, 0.25) is 0 Å². The summed E-state index contributed by atoms with van der Waals surface area (Å²) in [6.07, 6.45) is 5.96. The molecular formula is C22H25NO4S3. The van der Waals surface area contributed by atoms with Crippen molar-refractivity contribution in [3.8, 4) is 0 Å². The zero-order valence-corrected chi connectivity index (χ0v) is 19.7. The van der Waals surface area contributed by atoms with Gasteiger partial charge in [-0.2, -0.15) is 0 Å². The Labute approximate surface area is 188 Å². The highest BCUT2D eigenvalue weighted by atomic mass is 32.2. The van der Waals surface area contributed by atoms with E-state index in [0.29, 0.717) is 22.9 Å². The van der Waals surface area contributed by atoms with Crippen LogP contribution in [0.1, 0.15) is 74.4 Å². The molecule has 1 saturated heterocycles. The van der Waals surface area contributed by atoms with E-state index < -0.39 is 0 Å². The van der Waals surface area contributed by atoms with Gasteiger partial charge in [0.2, 0.25) is 0 Å². The number of nitrogens with one attached hydrogen (secondary N) is 1. The fourth-order valence-electron chi connectivity index (χ4n) is 4.89. The minimum absolute atomic E-state index is 0.0416. The number of esters is 1. The van der Waals surface area contributed by atoms with E-state index in [-0.39, 0.29) is 16.0 Å².